The van der Waals surface area contributed by atoms with Gasteiger partial charge in [0, 0.05) is 50.8 Å². The maximum absolute atomic E-state index is 13.9. The predicted octanol–water partition coefficient (Wildman–Crippen LogP) is 1.39. The zero-order chi connectivity index (χ0) is 19.7. The highest BCUT2D eigenvalue weighted by Crippen LogP contribution is 2.45. The first-order valence-electron chi connectivity index (χ1n) is 9.34. The number of aromatic nitrogens is 2. The number of nitrogens with one attached hydrogen (secondary N) is 1. The van der Waals surface area contributed by atoms with Gasteiger partial charge in [-0.15, -0.1) is 0 Å². The van der Waals surface area contributed by atoms with Crippen molar-refractivity contribution in [2.24, 2.45) is 11.8 Å². The number of hydrogen-bond acceptors (Lipinski definition) is 5. The van der Waals surface area contributed by atoms with Gasteiger partial charge in [-0.2, -0.15) is 0 Å². The molecule has 2 amide bonds. The second kappa shape index (κ2) is 7.53. The normalized spacial score (nSPS) is 23.6. The Morgan fingerprint density at radius 1 is 1.18 bits per heavy atom. The molecule has 0 radical (unpaired) electrons. The molecule has 2 saturated heterocycles. The van der Waals surface area contributed by atoms with Crippen LogP contribution in [0.5, 0.6) is 0 Å². The molecule has 7 nitrogen and oxygen atoms in total. The number of halogens is 1. The van der Waals surface area contributed by atoms with Crippen LogP contribution in [0.2, 0.25) is 0 Å². The van der Waals surface area contributed by atoms with Crippen LogP contribution < -0.4 is 10.2 Å². The minimum Gasteiger partial charge on any atom is -0.347 e. The second-order valence-corrected chi connectivity index (χ2v) is 7.33. The van der Waals surface area contributed by atoms with Gasteiger partial charge in [-0.05, 0) is 23.8 Å². The Labute approximate surface area is 162 Å². The van der Waals surface area contributed by atoms with E-state index in [1.807, 2.05) is 6.07 Å². The van der Waals surface area contributed by atoms with E-state index in [4.69, 9.17) is 0 Å². The molecule has 28 heavy (non-hydrogen) atoms. The monoisotopic (exact) mass is 383 g/mol. The molecule has 4 rings (SSSR count). The standard InChI is InChI=1S/C20H22FN5O2/c1-13(27)24-9-18(28)26-11-15-10-25(20-22-6-3-7-23-20)12-17(15)19(26)14-4-2-5-16(21)8-14/h2-8,15,17,19H,9-12H2,1H3,(H,24,27)/t15-,17-,19+/m0/s1. The van der Waals surface area contributed by atoms with Crippen LogP contribution in [-0.2, 0) is 9.59 Å². The predicted molar refractivity (Wildman–Crippen MR) is 101 cm³/mol. The lowest BCUT2D eigenvalue weighted by atomic mass is 9.89. The average molecular weight is 383 g/mol. The van der Waals surface area contributed by atoms with E-state index in [9.17, 15) is 14.0 Å². The van der Waals surface area contributed by atoms with Crippen LogP contribution >= 0.6 is 0 Å². The maximum atomic E-state index is 13.9. The van der Waals surface area contributed by atoms with E-state index in [2.05, 4.69) is 20.2 Å². The second-order valence-electron chi connectivity index (χ2n) is 7.33. The third-order valence-electron chi connectivity index (χ3n) is 5.50. The fraction of sp³-hybridized carbons (Fsp3) is 0.400. The van der Waals surface area contributed by atoms with Gasteiger partial charge >= 0.3 is 0 Å². The first-order valence-corrected chi connectivity index (χ1v) is 9.34. The highest BCUT2D eigenvalue weighted by Gasteiger charge is 2.49. The lowest BCUT2D eigenvalue weighted by Gasteiger charge is -2.30. The lowest BCUT2D eigenvalue weighted by molar-refractivity contribution is -0.133. The number of fused-ring (bicyclic) bond motifs is 1. The Bertz CT molecular complexity index is 878. The molecule has 1 aromatic heterocycles. The van der Waals surface area contributed by atoms with Crippen molar-refractivity contribution in [3.05, 3.63) is 54.1 Å². The Morgan fingerprint density at radius 2 is 1.96 bits per heavy atom. The first kappa shape index (κ1) is 18.3. The molecule has 0 spiro atoms. The summed E-state index contributed by atoms with van der Waals surface area (Å²) in [5.74, 6) is 0.330. The SMILES string of the molecule is CC(=O)NCC(=O)N1C[C@@H]2CN(c3ncccn3)C[C@@H]2[C@H]1c1cccc(F)c1. The van der Waals surface area contributed by atoms with E-state index in [0.717, 1.165) is 12.1 Å². The van der Waals surface area contributed by atoms with Gasteiger partial charge in [0.1, 0.15) is 5.82 Å². The zero-order valence-corrected chi connectivity index (χ0v) is 15.6. The zero-order valence-electron chi connectivity index (χ0n) is 15.6. The van der Waals surface area contributed by atoms with Gasteiger partial charge in [-0.25, -0.2) is 14.4 Å². The molecule has 146 valence electrons. The van der Waals surface area contributed by atoms with Crippen molar-refractivity contribution in [1.29, 1.82) is 0 Å². The number of nitrogens with zero attached hydrogens (tertiary/aromatic N) is 4. The van der Waals surface area contributed by atoms with Crippen molar-refractivity contribution in [3.8, 4) is 0 Å². The Kier molecular flexibility index (Phi) is 4.93. The minimum absolute atomic E-state index is 0.0495. The number of benzene rings is 1. The van der Waals surface area contributed by atoms with Gasteiger partial charge in [0.05, 0.1) is 12.6 Å². The molecule has 0 bridgehead atoms. The third kappa shape index (κ3) is 3.54. The summed E-state index contributed by atoms with van der Waals surface area (Å²) in [6.07, 6.45) is 3.42. The molecule has 0 unspecified atom stereocenters. The highest BCUT2D eigenvalue weighted by molar-refractivity contribution is 5.84. The average Bonchev–Trinajstić information content (AvgIpc) is 3.24. The molecule has 3 atom stereocenters. The number of rotatable bonds is 4. The quantitative estimate of drug-likeness (QED) is 0.863. The van der Waals surface area contributed by atoms with Gasteiger partial charge in [0.15, 0.2) is 0 Å². The molecule has 2 fully saturated rings. The largest absolute Gasteiger partial charge is 0.347 e. The molecular formula is C20H22FN5O2. The molecule has 1 N–H and O–H groups in total. The summed E-state index contributed by atoms with van der Waals surface area (Å²) in [7, 11) is 0. The van der Waals surface area contributed by atoms with Crippen molar-refractivity contribution >= 4 is 17.8 Å². The van der Waals surface area contributed by atoms with Gasteiger partial charge in [-0.1, -0.05) is 12.1 Å². The Morgan fingerprint density at radius 3 is 2.68 bits per heavy atom. The van der Waals surface area contributed by atoms with E-state index in [0.29, 0.717) is 19.0 Å². The lowest BCUT2D eigenvalue weighted by Crippen LogP contribution is -2.41. The highest BCUT2D eigenvalue weighted by atomic mass is 19.1. The van der Waals surface area contributed by atoms with Crippen molar-refractivity contribution < 1.29 is 14.0 Å². The molecule has 2 aliphatic rings. The van der Waals surface area contributed by atoms with E-state index in [1.165, 1.54) is 19.1 Å². The molecule has 2 aromatic rings. The first-order chi connectivity index (χ1) is 13.5. The van der Waals surface area contributed by atoms with Gasteiger partial charge in [-0.3, -0.25) is 9.59 Å². The molecule has 1 aromatic carbocycles. The summed E-state index contributed by atoms with van der Waals surface area (Å²) in [5, 5.41) is 2.57. The summed E-state index contributed by atoms with van der Waals surface area (Å²) >= 11 is 0. The summed E-state index contributed by atoms with van der Waals surface area (Å²) in [6, 6.07) is 7.96. The van der Waals surface area contributed by atoms with E-state index < -0.39 is 0 Å². The van der Waals surface area contributed by atoms with E-state index in [-0.39, 0.29) is 42.1 Å². The van der Waals surface area contributed by atoms with Crippen molar-refractivity contribution in [1.82, 2.24) is 20.2 Å². The van der Waals surface area contributed by atoms with Gasteiger partial charge in [0.2, 0.25) is 17.8 Å². The smallest absolute Gasteiger partial charge is 0.242 e. The number of amides is 2. The number of carbonyl (C=O) groups excluding carboxylic acids is 2. The van der Waals surface area contributed by atoms with Gasteiger partial charge in [0.25, 0.3) is 0 Å². The van der Waals surface area contributed by atoms with E-state index in [1.54, 1.807) is 29.4 Å². The number of anilines is 1. The fourth-order valence-electron chi connectivity index (χ4n) is 4.34. The fourth-order valence-corrected chi connectivity index (χ4v) is 4.34. The van der Waals surface area contributed by atoms with Crippen molar-refractivity contribution in [3.63, 3.8) is 0 Å². The third-order valence-corrected chi connectivity index (χ3v) is 5.50. The van der Waals surface area contributed by atoms with Gasteiger partial charge < -0.3 is 15.1 Å². The van der Waals surface area contributed by atoms with Crippen LogP contribution in [0.1, 0.15) is 18.5 Å². The van der Waals surface area contributed by atoms with Crippen LogP contribution in [-0.4, -0.2) is 52.9 Å². The number of hydrogen-bond donors (Lipinski definition) is 1. The topological polar surface area (TPSA) is 78.4 Å². The van der Waals surface area contributed by atoms with Crippen LogP contribution in [0.3, 0.4) is 0 Å². The van der Waals surface area contributed by atoms with Crippen LogP contribution in [0.15, 0.2) is 42.7 Å². The van der Waals surface area contributed by atoms with Crippen LogP contribution in [0, 0.1) is 17.7 Å². The van der Waals surface area contributed by atoms with E-state index >= 15 is 0 Å². The van der Waals surface area contributed by atoms with Crippen molar-refractivity contribution in [2.45, 2.75) is 13.0 Å². The van der Waals surface area contributed by atoms with Crippen LogP contribution in [0.4, 0.5) is 10.3 Å². The summed E-state index contributed by atoms with van der Waals surface area (Å²) < 4.78 is 13.9. The van der Waals surface area contributed by atoms with Crippen LogP contribution in [0.25, 0.3) is 0 Å². The molecule has 3 heterocycles. The number of carbonyl (C=O) groups is 2. The maximum Gasteiger partial charge on any atom is 0.242 e. The van der Waals surface area contributed by atoms with Crippen molar-refractivity contribution in [2.75, 3.05) is 31.1 Å². The minimum atomic E-state index is -0.323. The molecule has 8 heteroatoms. The summed E-state index contributed by atoms with van der Waals surface area (Å²) in [4.78, 5) is 36.5. The number of likely N-dealkylation sites (tertiary alicyclic amines) is 1. The molecule has 2 aliphatic heterocycles. The Hall–Kier alpha value is -3.03. The Balaban J connectivity index is 1.60. The molecule has 0 saturated carbocycles. The molecular weight excluding hydrogens is 361 g/mol. The summed E-state index contributed by atoms with van der Waals surface area (Å²) in [5.41, 5.74) is 0.777. The molecule has 0 aliphatic carbocycles. The summed E-state index contributed by atoms with van der Waals surface area (Å²) in [6.45, 7) is 3.33.